The van der Waals surface area contributed by atoms with Crippen LogP contribution in [0.1, 0.15) is 23.4 Å². The van der Waals surface area contributed by atoms with E-state index in [-0.39, 0.29) is 5.56 Å². The van der Waals surface area contributed by atoms with Crippen molar-refractivity contribution in [3.05, 3.63) is 76.0 Å². The highest BCUT2D eigenvalue weighted by atomic mass is 16.1. The van der Waals surface area contributed by atoms with Gasteiger partial charge in [0, 0.05) is 42.5 Å². The molecule has 1 aliphatic rings. The van der Waals surface area contributed by atoms with Gasteiger partial charge in [-0.25, -0.2) is 0 Å². The van der Waals surface area contributed by atoms with Gasteiger partial charge in [0.25, 0.3) is 5.56 Å². The van der Waals surface area contributed by atoms with Gasteiger partial charge in [-0.15, -0.1) is 0 Å². The lowest BCUT2D eigenvalue weighted by Gasteiger charge is -2.13. The molecule has 0 N–H and O–H groups in total. The number of hydrogen-bond donors (Lipinski definition) is 0. The molecule has 152 valence electrons. The summed E-state index contributed by atoms with van der Waals surface area (Å²) in [5.74, 6) is 0. The molecule has 1 aliphatic heterocycles. The minimum absolute atomic E-state index is 0.0790. The van der Waals surface area contributed by atoms with Crippen LogP contribution in [0.4, 0.5) is 0 Å². The second-order valence-corrected chi connectivity index (χ2v) is 8.21. The summed E-state index contributed by atoms with van der Waals surface area (Å²) in [6.45, 7) is 3.99. The second kappa shape index (κ2) is 7.22. The van der Waals surface area contributed by atoms with E-state index >= 15 is 0 Å². The predicted molar refractivity (Wildman–Crippen MR) is 119 cm³/mol. The third-order valence-electron chi connectivity index (χ3n) is 6.09. The summed E-state index contributed by atoms with van der Waals surface area (Å²) in [7, 11) is 4.32. The van der Waals surface area contributed by atoms with E-state index < -0.39 is 0 Å². The maximum Gasteiger partial charge on any atom is 0.255 e. The zero-order valence-corrected chi connectivity index (χ0v) is 17.6. The standard InChI is InChI=1S/C24H25N5O/c1-16-6-9-21(26-25-16)17-10-12-29(24(30)13-17)18-7-8-19-20-15-27(2)11-4-5-22(20)28(3)23(19)14-18/h6-10,12-14H,4-5,11,15H2,1-3H3. The number of benzene rings is 1. The van der Waals surface area contributed by atoms with E-state index in [4.69, 9.17) is 0 Å². The highest BCUT2D eigenvalue weighted by molar-refractivity contribution is 5.87. The molecule has 0 fully saturated rings. The first-order chi connectivity index (χ1) is 14.5. The third-order valence-corrected chi connectivity index (χ3v) is 6.09. The zero-order valence-electron chi connectivity index (χ0n) is 17.6. The first-order valence-corrected chi connectivity index (χ1v) is 10.3. The van der Waals surface area contributed by atoms with Gasteiger partial charge in [0.1, 0.15) is 0 Å². The highest BCUT2D eigenvalue weighted by Crippen LogP contribution is 2.30. The van der Waals surface area contributed by atoms with E-state index in [9.17, 15) is 4.79 Å². The normalized spacial score (nSPS) is 14.6. The Kier molecular flexibility index (Phi) is 4.51. The molecule has 4 aromatic rings. The monoisotopic (exact) mass is 399 g/mol. The van der Waals surface area contributed by atoms with Crippen molar-refractivity contribution in [2.24, 2.45) is 7.05 Å². The molecule has 3 aromatic heterocycles. The summed E-state index contributed by atoms with van der Waals surface area (Å²) in [6, 6.07) is 13.7. The van der Waals surface area contributed by atoms with Crippen molar-refractivity contribution in [2.45, 2.75) is 26.3 Å². The van der Waals surface area contributed by atoms with Crippen LogP contribution in [0.3, 0.4) is 0 Å². The SMILES string of the molecule is Cc1ccc(-c2ccn(-c3ccc4c5c(n(C)c4c3)CCCN(C)C5)c(=O)c2)nn1. The number of hydrogen-bond acceptors (Lipinski definition) is 4. The molecule has 0 unspecified atom stereocenters. The molecule has 0 spiro atoms. The van der Waals surface area contributed by atoms with Crippen molar-refractivity contribution >= 4 is 10.9 Å². The molecule has 0 bridgehead atoms. The number of pyridine rings is 1. The highest BCUT2D eigenvalue weighted by Gasteiger charge is 2.19. The van der Waals surface area contributed by atoms with Gasteiger partial charge in [0.15, 0.2) is 0 Å². The average Bonchev–Trinajstić information content (AvgIpc) is 2.88. The lowest BCUT2D eigenvalue weighted by Crippen LogP contribution is -2.17. The summed E-state index contributed by atoms with van der Waals surface area (Å²) in [5.41, 5.74) is 7.13. The minimum atomic E-state index is -0.0790. The Hall–Kier alpha value is -3.25. The first-order valence-electron chi connectivity index (χ1n) is 10.3. The number of nitrogens with zero attached hydrogens (tertiary/aromatic N) is 5. The molecular weight excluding hydrogens is 374 g/mol. The van der Waals surface area contributed by atoms with Gasteiger partial charge in [0.05, 0.1) is 22.6 Å². The van der Waals surface area contributed by atoms with Crippen LogP contribution in [-0.2, 0) is 20.0 Å². The van der Waals surface area contributed by atoms with E-state index in [0.29, 0.717) is 5.69 Å². The fourth-order valence-corrected chi connectivity index (χ4v) is 4.47. The van der Waals surface area contributed by atoms with Crippen molar-refractivity contribution in [1.82, 2.24) is 24.2 Å². The molecule has 0 saturated carbocycles. The fraction of sp³-hybridized carbons (Fsp3) is 0.292. The Morgan fingerprint density at radius 2 is 1.87 bits per heavy atom. The third kappa shape index (κ3) is 3.13. The van der Waals surface area contributed by atoms with Crippen LogP contribution in [0.25, 0.3) is 27.8 Å². The topological polar surface area (TPSA) is 56.0 Å². The largest absolute Gasteiger partial charge is 0.347 e. The van der Waals surface area contributed by atoms with Crippen LogP contribution in [-0.4, -0.2) is 37.8 Å². The molecule has 0 saturated heterocycles. The molecule has 30 heavy (non-hydrogen) atoms. The smallest absolute Gasteiger partial charge is 0.255 e. The molecular formula is C24H25N5O. The summed E-state index contributed by atoms with van der Waals surface area (Å²) in [5, 5.41) is 9.56. The molecule has 5 rings (SSSR count). The van der Waals surface area contributed by atoms with Crippen LogP contribution in [0, 0.1) is 6.92 Å². The number of fused-ring (bicyclic) bond motifs is 3. The zero-order chi connectivity index (χ0) is 20.8. The Balaban J connectivity index is 1.57. The van der Waals surface area contributed by atoms with Gasteiger partial charge in [-0.2, -0.15) is 10.2 Å². The Labute approximate surface area is 175 Å². The summed E-state index contributed by atoms with van der Waals surface area (Å²) < 4.78 is 3.99. The van der Waals surface area contributed by atoms with Gasteiger partial charge in [-0.3, -0.25) is 9.36 Å². The molecule has 6 heteroatoms. The molecule has 6 nitrogen and oxygen atoms in total. The van der Waals surface area contributed by atoms with Gasteiger partial charge >= 0.3 is 0 Å². The summed E-state index contributed by atoms with van der Waals surface area (Å²) in [4.78, 5) is 15.3. The van der Waals surface area contributed by atoms with Crippen molar-refractivity contribution < 1.29 is 0 Å². The van der Waals surface area contributed by atoms with Crippen molar-refractivity contribution in [2.75, 3.05) is 13.6 Å². The maximum atomic E-state index is 12.9. The van der Waals surface area contributed by atoms with E-state index in [1.807, 2.05) is 37.4 Å². The number of rotatable bonds is 2. The Morgan fingerprint density at radius 3 is 2.63 bits per heavy atom. The van der Waals surface area contributed by atoms with Gasteiger partial charge in [-0.1, -0.05) is 6.07 Å². The molecule has 4 heterocycles. The van der Waals surface area contributed by atoms with E-state index in [1.54, 1.807) is 10.6 Å². The van der Waals surface area contributed by atoms with E-state index in [0.717, 1.165) is 36.5 Å². The molecule has 0 aliphatic carbocycles. The van der Waals surface area contributed by atoms with Gasteiger partial charge in [-0.05, 0) is 69.3 Å². The molecule has 0 atom stereocenters. The lowest BCUT2D eigenvalue weighted by atomic mass is 10.1. The summed E-state index contributed by atoms with van der Waals surface area (Å²) >= 11 is 0. The minimum Gasteiger partial charge on any atom is -0.347 e. The number of aromatic nitrogens is 4. The quantitative estimate of drug-likeness (QED) is 0.518. The van der Waals surface area contributed by atoms with Crippen LogP contribution < -0.4 is 5.56 Å². The first kappa shape index (κ1) is 18.8. The maximum absolute atomic E-state index is 12.9. The van der Waals surface area contributed by atoms with Crippen LogP contribution in [0.2, 0.25) is 0 Å². The fourth-order valence-electron chi connectivity index (χ4n) is 4.47. The average molecular weight is 399 g/mol. The second-order valence-electron chi connectivity index (χ2n) is 8.21. The Bertz CT molecular complexity index is 1300. The van der Waals surface area contributed by atoms with Crippen molar-refractivity contribution in [1.29, 1.82) is 0 Å². The Morgan fingerprint density at radius 1 is 1.00 bits per heavy atom. The van der Waals surface area contributed by atoms with Gasteiger partial charge < -0.3 is 9.47 Å². The predicted octanol–water partition coefficient (Wildman–Crippen LogP) is 3.47. The van der Waals surface area contributed by atoms with Gasteiger partial charge in [0.2, 0.25) is 0 Å². The molecule has 1 aromatic carbocycles. The lowest BCUT2D eigenvalue weighted by molar-refractivity contribution is 0.333. The van der Waals surface area contributed by atoms with Crippen LogP contribution in [0.5, 0.6) is 0 Å². The number of aryl methyl sites for hydroxylation is 2. The van der Waals surface area contributed by atoms with Crippen molar-refractivity contribution in [3.63, 3.8) is 0 Å². The van der Waals surface area contributed by atoms with Crippen LogP contribution >= 0.6 is 0 Å². The van der Waals surface area contributed by atoms with E-state index in [1.165, 1.54) is 28.6 Å². The molecule has 0 radical (unpaired) electrons. The van der Waals surface area contributed by atoms with Crippen molar-refractivity contribution in [3.8, 4) is 16.9 Å². The van der Waals surface area contributed by atoms with E-state index in [2.05, 4.69) is 45.9 Å². The molecule has 0 amide bonds. The van der Waals surface area contributed by atoms with Crippen LogP contribution in [0.15, 0.2) is 53.5 Å². The summed E-state index contributed by atoms with van der Waals surface area (Å²) in [6.07, 6.45) is 4.08.